The molecule has 2 aromatic rings. The summed E-state index contributed by atoms with van der Waals surface area (Å²) < 4.78 is 0.639. The number of nitrogens with zero attached hydrogens (tertiary/aromatic N) is 1. The maximum Gasteiger partial charge on any atom is 0.130 e. The van der Waals surface area contributed by atoms with Gasteiger partial charge in [0.05, 0.1) is 0 Å². The largest absolute Gasteiger partial charge is 0.343 e. The van der Waals surface area contributed by atoms with Crippen molar-refractivity contribution in [1.82, 2.24) is 9.97 Å². The molecule has 0 atom stereocenters. The Morgan fingerprint density at radius 1 is 1.29 bits per heavy atom. The predicted octanol–water partition coefficient (Wildman–Crippen LogP) is 4.34. The van der Waals surface area contributed by atoms with Gasteiger partial charge in [0, 0.05) is 16.6 Å². The van der Waals surface area contributed by atoms with Gasteiger partial charge in [-0.05, 0) is 36.6 Å². The van der Waals surface area contributed by atoms with Gasteiger partial charge in [-0.3, -0.25) is 0 Å². The molecule has 0 radical (unpaired) electrons. The van der Waals surface area contributed by atoms with Crippen LogP contribution in [0.1, 0.15) is 24.6 Å². The number of aromatic nitrogens is 2. The minimum atomic E-state index is 0.566. The fraction of sp³-hybridized carbons (Fsp3) is 0.231. The molecule has 1 aromatic carbocycles. The standard InChI is InChI=1S/C13H11ClN2S/c14-10-3-1-2-9(6-10)11-7-12(17)16-13(15-11)8-4-5-8/h1-3,6-8H,4-5H2,(H,15,16,17). The average Bonchev–Trinajstić information content (AvgIpc) is 3.12. The van der Waals surface area contributed by atoms with E-state index in [4.69, 9.17) is 23.8 Å². The van der Waals surface area contributed by atoms with Gasteiger partial charge in [0.15, 0.2) is 0 Å². The highest BCUT2D eigenvalue weighted by atomic mass is 35.5. The van der Waals surface area contributed by atoms with Crippen LogP contribution >= 0.6 is 23.8 Å². The highest BCUT2D eigenvalue weighted by Crippen LogP contribution is 2.38. The Bertz CT molecular complexity index is 617. The van der Waals surface area contributed by atoms with Gasteiger partial charge in [0.1, 0.15) is 10.5 Å². The van der Waals surface area contributed by atoms with Gasteiger partial charge in [-0.2, -0.15) is 0 Å². The first kappa shape index (κ1) is 10.9. The van der Waals surface area contributed by atoms with Crippen molar-refractivity contribution >= 4 is 23.8 Å². The topological polar surface area (TPSA) is 28.7 Å². The van der Waals surface area contributed by atoms with Crippen LogP contribution in [-0.4, -0.2) is 9.97 Å². The average molecular weight is 263 g/mol. The molecule has 4 heteroatoms. The molecule has 0 saturated heterocycles. The third-order valence-corrected chi connectivity index (χ3v) is 3.31. The lowest BCUT2D eigenvalue weighted by Gasteiger charge is -2.05. The molecule has 1 aromatic heterocycles. The number of H-pyrrole nitrogens is 1. The van der Waals surface area contributed by atoms with Gasteiger partial charge in [0.2, 0.25) is 0 Å². The van der Waals surface area contributed by atoms with Crippen molar-refractivity contribution in [2.75, 3.05) is 0 Å². The van der Waals surface area contributed by atoms with E-state index in [1.165, 1.54) is 12.8 Å². The van der Waals surface area contributed by atoms with Crippen LogP contribution in [0.4, 0.5) is 0 Å². The van der Waals surface area contributed by atoms with Gasteiger partial charge < -0.3 is 4.98 Å². The van der Waals surface area contributed by atoms with Crippen LogP contribution in [0.2, 0.25) is 5.02 Å². The molecule has 0 unspecified atom stereocenters. The predicted molar refractivity (Wildman–Crippen MR) is 71.8 cm³/mol. The van der Waals surface area contributed by atoms with E-state index >= 15 is 0 Å². The summed E-state index contributed by atoms with van der Waals surface area (Å²) in [6.45, 7) is 0. The Morgan fingerprint density at radius 2 is 2.12 bits per heavy atom. The van der Waals surface area contributed by atoms with Crippen LogP contribution in [0.15, 0.2) is 30.3 Å². The van der Waals surface area contributed by atoms with Gasteiger partial charge in [-0.15, -0.1) is 0 Å². The van der Waals surface area contributed by atoms with Gasteiger partial charge in [-0.25, -0.2) is 4.98 Å². The summed E-state index contributed by atoms with van der Waals surface area (Å²) in [7, 11) is 0. The summed E-state index contributed by atoms with van der Waals surface area (Å²) >= 11 is 11.2. The molecular weight excluding hydrogens is 252 g/mol. The lowest BCUT2D eigenvalue weighted by molar-refractivity contribution is 0.924. The number of hydrogen-bond donors (Lipinski definition) is 1. The molecule has 3 rings (SSSR count). The maximum absolute atomic E-state index is 5.99. The summed E-state index contributed by atoms with van der Waals surface area (Å²) in [5, 5.41) is 0.728. The van der Waals surface area contributed by atoms with Crippen molar-refractivity contribution in [1.29, 1.82) is 0 Å². The summed E-state index contributed by atoms with van der Waals surface area (Å²) in [6, 6.07) is 9.63. The summed E-state index contributed by atoms with van der Waals surface area (Å²) in [5.74, 6) is 1.57. The highest BCUT2D eigenvalue weighted by molar-refractivity contribution is 7.71. The van der Waals surface area contributed by atoms with Crippen LogP contribution < -0.4 is 0 Å². The van der Waals surface area contributed by atoms with E-state index in [-0.39, 0.29) is 0 Å². The Hall–Kier alpha value is -1.19. The SMILES string of the molecule is S=c1cc(-c2cccc(Cl)c2)[nH]c(C2CC2)n1. The molecule has 0 aliphatic heterocycles. The van der Waals surface area contributed by atoms with E-state index in [0.717, 1.165) is 22.1 Å². The third-order valence-electron chi connectivity index (χ3n) is 2.86. The number of aromatic amines is 1. The van der Waals surface area contributed by atoms with Crippen molar-refractivity contribution < 1.29 is 0 Å². The molecule has 1 aliphatic rings. The zero-order chi connectivity index (χ0) is 11.8. The minimum absolute atomic E-state index is 0.566. The Balaban J connectivity index is 2.10. The first-order valence-corrected chi connectivity index (χ1v) is 6.38. The first-order chi connectivity index (χ1) is 8.22. The lowest BCUT2D eigenvalue weighted by atomic mass is 10.1. The van der Waals surface area contributed by atoms with Crippen LogP contribution in [0, 0.1) is 4.64 Å². The fourth-order valence-corrected chi connectivity index (χ4v) is 2.24. The zero-order valence-corrected chi connectivity index (χ0v) is 10.7. The summed E-state index contributed by atoms with van der Waals surface area (Å²) in [6.07, 6.45) is 2.41. The van der Waals surface area contributed by atoms with Crippen LogP contribution in [0.3, 0.4) is 0 Å². The second-order valence-electron chi connectivity index (χ2n) is 4.30. The van der Waals surface area contributed by atoms with E-state index < -0.39 is 0 Å². The number of benzene rings is 1. The van der Waals surface area contributed by atoms with Crippen LogP contribution in [0.5, 0.6) is 0 Å². The van der Waals surface area contributed by atoms with E-state index in [9.17, 15) is 0 Å². The maximum atomic E-state index is 5.99. The number of nitrogens with one attached hydrogen (secondary N) is 1. The Kier molecular flexibility index (Phi) is 2.73. The second kappa shape index (κ2) is 4.24. The second-order valence-corrected chi connectivity index (χ2v) is 5.16. The van der Waals surface area contributed by atoms with E-state index in [0.29, 0.717) is 10.6 Å². The molecule has 1 fully saturated rings. The van der Waals surface area contributed by atoms with Gasteiger partial charge >= 0.3 is 0 Å². The quantitative estimate of drug-likeness (QED) is 0.816. The Morgan fingerprint density at radius 3 is 2.82 bits per heavy atom. The number of rotatable bonds is 2. The molecule has 1 aliphatic carbocycles. The van der Waals surface area contributed by atoms with Crippen molar-refractivity contribution in [3.8, 4) is 11.3 Å². The normalized spacial score (nSPS) is 14.9. The molecule has 2 nitrogen and oxygen atoms in total. The molecule has 0 spiro atoms. The molecule has 17 heavy (non-hydrogen) atoms. The Labute approximate surface area is 110 Å². The van der Waals surface area contributed by atoms with Crippen molar-refractivity contribution in [3.63, 3.8) is 0 Å². The molecule has 1 heterocycles. The molecular formula is C13H11ClN2S. The van der Waals surface area contributed by atoms with E-state index in [1.807, 2.05) is 30.3 Å². The monoisotopic (exact) mass is 262 g/mol. The lowest BCUT2D eigenvalue weighted by Crippen LogP contribution is -1.95. The van der Waals surface area contributed by atoms with Gasteiger partial charge in [-0.1, -0.05) is 36.0 Å². The van der Waals surface area contributed by atoms with Crippen molar-refractivity contribution in [3.05, 3.63) is 45.8 Å². The number of halogens is 1. The minimum Gasteiger partial charge on any atom is -0.343 e. The summed E-state index contributed by atoms with van der Waals surface area (Å²) in [5.41, 5.74) is 2.04. The molecule has 1 saturated carbocycles. The fourth-order valence-electron chi connectivity index (χ4n) is 1.84. The molecule has 0 bridgehead atoms. The molecule has 1 N–H and O–H groups in total. The van der Waals surface area contributed by atoms with Crippen molar-refractivity contribution in [2.45, 2.75) is 18.8 Å². The van der Waals surface area contributed by atoms with E-state index in [1.54, 1.807) is 0 Å². The highest BCUT2D eigenvalue weighted by Gasteiger charge is 2.26. The third kappa shape index (κ3) is 2.40. The first-order valence-electron chi connectivity index (χ1n) is 5.59. The van der Waals surface area contributed by atoms with Crippen LogP contribution in [0.25, 0.3) is 11.3 Å². The van der Waals surface area contributed by atoms with Crippen LogP contribution in [-0.2, 0) is 0 Å². The van der Waals surface area contributed by atoms with Gasteiger partial charge in [0.25, 0.3) is 0 Å². The summed E-state index contributed by atoms with van der Waals surface area (Å²) in [4.78, 5) is 7.72. The van der Waals surface area contributed by atoms with Crippen molar-refractivity contribution in [2.24, 2.45) is 0 Å². The number of hydrogen-bond acceptors (Lipinski definition) is 2. The molecule has 86 valence electrons. The molecule has 0 amide bonds. The zero-order valence-electron chi connectivity index (χ0n) is 9.11. The van der Waals surface area contributed by atoms with E-state index in [2.05, 4.69) is 9.97 Å². The smallest absolute Gasteiger partial charge is 0.130 e.